The largest absolute Gasteiger partial charge is 0.872 e. The van der Waals surface area contributed by atoms with Crippen molar-refractivity contribution >= 4 is 17.7 Å². The van der Waals surface area contributed by atoms with Crippen LogP contribution in [0.15, 0.2) is 30.3 Å². The summed E-state index contributed by atoms with van der Waals surface area (Å²) in [5.41, 5.74) is 3.32. The minimum absolute atomic E-state index is 0.0508. The van der Waals surface area contributed by atoms with Gasteiger partial charge in [-0.05, 0) is 50.0 Å². The zero-order valence-corrected chi connectivity index (χ0v) is 14.7. The predicted octanol–water partition coefficient (Wildman–Crippen LogP) is 2.75. The maximum atomic E-state index is 12.0. The van der Waals surface area contributed by atoms with Crippen LogP contribution in [-0.4, -0.2) is 15.4 Å². The van der Waals surface area contributed by atoms with Gasteiger partial charge in [0.15, 0.2) is 0 Å². The molecule has 0 atom stereocenters. The summed E-state index contributed by atoms with van der Waals surface area (Å²) >= 11 is 0. The number of aryl methyl sites for hydroxylation is 1. The Morgan fingerprint density at radius 3 is 2.73 bits per heavy atom. The van der Waals surface area contributed by atoms with Gasteiger partial charge in [-0.1, -0.05) is 6.07 Å². The fourth-order valence-corrected chi connectivity index (χ4v) is 3.09. The fraction of sp³-hybridized carbons (Fsp3) is 0.316. The van der Waals surface area contributed by atoms with E-state index in [9.17, 15) is 20.0 Å². The Balaban J connectivity index is 1.65. The van der Waals surface area contributed by atoms with Crippen molar-refractivity contribution < 1.29 is 14.8 Å². The van der Waals surface area contributed by atoms with Crippen LogP contribution in [0.5, 0.6) is 5.75 Å². The summed E-state index contributed by atoms with van der Waals surface area (Å²) in [5, 5.41) is 25.1. The number of non-ortho nitro benzene ring substituents is 1. The zero-order chi connectivity index (χ0) is 18.8. The fourth-order valence-electron chi connectivity index (χ4n) is 3.09. The van der Waals surface area contributed by atoms with E-state index in [0.717, 1.165) is 23.4 Å². The van der Waals surface area contributed by atoms with Gasteiger partial charge in [0.05, 0.1) is 4.92 Å². The Labute approximate surface area is 151 Å². The Morgan fingerprint density at radius 1 is 1.35 bits per heavy atom. The second-order valence-corrected chi connectivity index (χ2v) is 6.53. The van der Waals surface area contributed by atoms with Crippen LogP contribution in [0.4, 0.5) is 5.69 Å². The number of benzene rings is 1. The molecule has 1 aromatic heterocycles. The van der Waals surface area contributed by atoms with E-state index in [2.05, 4.69) is 16.8 Å². The van der Waals surface area contributed by atoms with Gasteiger partial charge in [0.1, 0.15) is 0 Å². The van der Waals surface area contributed by atoms with Gasteiger partial charge in [0.2, 0.25) is 5.91 Å². The van der Waals surface area contributed by atoms with Gasteiger partial charge in [-0.2, -0.15) is 0 Å². The maximum Gasteiger partial charge on any atom is 0.269 e. The van der Waals surface area contributed by atoms with Gasteiger partial charge in [0.25, 0.3) is 5.69 Å². The topological polar surface area (TPSA) is 100 Å². The molecule has 1 aliphatic rings. The standard InChI is InChI=1S/C19H21N3O4/c1-12-9-14(13(2)21(12)16-4-5-16)3-8-19(24)20-11-15-10-17(22(25)26)6-7-18(15)23/h3,6-10,16,23H,4-5,11H2,1-2H3,(H,20,24)/p-1/b8-3+. The highest BCUT2D eigenvalue weighted by molar-refractivity contribution is 5.91. The van der Waals surface area contributed by atoms with E-state index in [1.807, 2.05) is 13.0 Å². The lowest BCUT2D eigenvalue weighted by Crippen LogP contribution is -2.21. The summed E-state index contributed by atoms with van der Waals surface area (Å²) in [6, 6.07) is 6.12. The summed E-state index contributed by atoms with van der Waals surface area (Å²) in [7, 11) is 0. The molecule has 1 heterocycles. The van der Waals surface area contributed by atoms with Crippen molar-refractivity contribution in [3.05, 3.63) is 63.0 Å². The number of aromatic nitrogens is 1. The van der Waals surface area contributed by atoms with Gasteiger partial charge in [0, 0.05) is 42.2 Å². The molecule has 26 heavy (non-hydrogen) atoms. The monoisotopic (exact) mass is 354 g/mol. The van der Waals surface area contributed by atoms with E-state index in [-0.39, 0.29) is 29.5 Å². The van der Waals surface area contributed by atoms with Crippen LogP contribution in [0.3, 0.4) is 0 Å². The summed E-state index contributed by atoms with van der Waals surface area (Å²) in [5.74, 6) is -0.694. The molecule has 1 aromatic carbocycles. The number of hydrogen-bond acceptors (Lipinski definition) is 4. The first-order valence-corrected chi connectivity index (χ1v) is 8.45. The average Bonchev–Trinajstić information content (AvgIpc) is 3.38. The molecule has 0 saturated heterocycles. The number of rotatable bonds is 6. The SMILES string of the molecule is Cc1cc(/C=C/C(=O)NCc2cc([N+](=O)[O-])ccc2[O-])c(C)n1C1CC1. The molecule has 0 bridgehead atoms. The molecule has 136 valence electrons. The number of hydrogen-bond donors (Lipinski definition) is 1. The normalized spacial score (nSPS) is 13.9. The molecule has 0 spiro atoms. The molecule has 2 aromatic rings. The molecule has 7 nitrogen and oxygen atoms in total. The molecule has 1 fully saturated rings. The van der Waals surface area contributed by atoms with Crippen LogP contribution in [0.25, 0.3) is 6.08 Å². The Morgan fingerprint density at radius 2 is 2.08 bits per heavy atom. The first-order valence-electron chi connectivity index (χ1n) is 8.45. The summed E-state index contributed by atoms with van der Waals surface area (Å²) in [6.07, 6.45) is 5.56. The Kier molecular flexibility index (Phi) is 4.79. The van der Waals surface area contributed by atoms with Gasteiger partial charge in [-0.15, -0.1) is 5.75 Å². The summed E-state index contributed by atoms with van der Waals surface area (Å²) in [4.78, 5) is 22.2. The highest BCUT2D eigenvalue weighted by Crippen LogP contribution is 2.38. The molecule has 0 aliphatic heterocycles. The number of nitrogens with zero attached hydrogens (tertiary/aromatic N) is 2. The predicted molar refractivity (Wildman–Crippen MR) is 95.6 cm³/mol. The number of carbonyl (C=O) groups excluding carboxylic acids is 1. The van der Waals surface area contributed by atoms with Crippen molar-refractivity contribution in [3.8, 4) is 5.75 Å². The lowest BCUT2D eigenvalue weighted by molar-refractivity contribution is -0.385. The third-order valence-corrected chi connectivity index (χ3v) is 4.56. The number of carbonyl (C=O) groups is 1. The molecule has 3 rings (SSSR count). The molecule has 1 aliphatic carbocycles. The molecule has 7 heteroatoms. The van der Waals surface area contributed by atoms with Crippen molar-refractivity contribution in [1.82, 2.24) is 9.88 Å². The van der Waals surface area contributed by atoms with Gasteiger partial charge in [-0.3, -0.25) is 14.9 Å². The van der Waals surface area contributed by atoms with Crippen LogP contribution in [-0.2, 0) is 11.3 Å². The Bertz CT molecular complexity index is 894. The molecule has 1 amide bonds. The second-order valence-electron chi connectivity index (χ2n) is 6.53. The molecule has 0 unspecified atom stereocenters. The summed E-state index contributed by atoms with van der Waals surface area (Å²) in [6.45, 7) is 4.04. The quantitative estimate of drug-likeness (QED) is 0.490. The zero-order valence-electron chi connectivity index (χ0n) is 14.7. The van der Waals surface area contributed by atoms with E-state index in [1.165, 1.54) is 30.7 Å². The lowest BCUT2D eigenvalue weighted by atomic mass is 10.1. The molecule has 0 radical (unpaired) electrons. The third-order valence-electron chi connectivity index (χ3n) is 4.56. The second kappa shape index (κ2) is 7.03. The molecule has 1 N–H and O–H groups in total. The number of amides is 1. The molecule has 1 saturated carbocycles. The lowest BCUT2D eigenvalue weighted by Gasteiger charge is -2.12. The molecular weight excluding hydrogens is 334 g/mol. The highest BCUT2D eigenvalue weighted by Gasteiger charge is 2.26. The number of nitro groups is 1. The highest BCUT2D eigenvalue weighted by atomic mass is 16.6. The van der Waals surface area contributed by atoms with Gasteiger partial charge >= 0.3 is 0 Å². The Hall–Kier alpha value is -3.09. The van der Waals surface area contributed by atoms with Crippen LogP contribution >= 0.6 is 0 Å². The van der Waals surface area contributed by atoms with Crippen LogP contribution in [0, 0.1) is 24.0 Å². The van der Waals surface area contributed by atoms with E-state index in [4.69, 9.17) is 0 Å². The average molecular weight is 354 g/mol. The van der Waals surface area contributed by atoms with Crippen LogP contribution in [0.1, 0.15) is 41.4 Å². The van der Waals surface area contributed by atoms with Gasteiger partial charge < -0.3 is 15.0 Å². The third kappa shape index (κ3) is 3.77. The van der Waals surface area contributed by atoms with Gasteiger partial charge in [-0.25, -0.2) is 0 Å². The van der Waals surface area contributed by atoms with Crippen molar-refractivity contribution in [2.45, 2.75) is 39.3 Å². The first-order chi connectivity index (χ1) is 12.4. The number of nitro benzene ring substituents is 1. The van der Waals surface area contributed by atoms with Crippen LogP contribution < -0.4 is 10.4 Å². The van der Waals surface area contributed by atoms with Crippen LogP contribution in [0.2, 0.25) is 0 Å². The van der Waals surface area contributed by atoms with E-state index < -0.39 is 4.92 Å². The van der Waals surface area contributed by atoms with E-state index in [1.54, 1.807) is 6.08 Å². The summed E-state index contributed by atoms with van der Waals surface area (Å²) < 4.78 is 2.30. The van der Waals surface area contributed by atoms with Crippen molar-refractivity contribution in [3.63, 3.8) is 0 Å². The smallest absolute Gasteiger partial charge is 0.269 e. The van der Waals surface area contributed by atoms with E-state index >= 15 is 0 Å². The minimum Gasteiger partial charge on any atom is -0.872 e. The van der Waals surface area contributed by atoms with Crippen molar-refractivity contribution in [2.75, 3.05) is 0 Å². The number of nitrogens with one attached hydrogen (secondary N) is 1. The minimum atomic E-state index is -0.569. The van der Waals surface area contributed by atoms with Crippen molar-refractivity contribution in [2.24, 2.45) is 0 Å². The van der Waals surface area contributed by atoms with E-state index in [0.29, 0.717) is 6.04 Å². The maximum absolute atomic E-state index is 12.0. The molecular formula is C19H20N3O4-. The first kappa shape index (κ1) is 17.7. The van der Waals surface area contributed by atoms with Crippen molar-refractivity contribution in [1.29, 1.82) is 0 Å².